The van der Waals surface area contributed by atoms with Crippen molar-refractivity contribution in [1.29, 1.82) is 0 Å². The maximum absolute atomic E-state index is 12.9. The van der Waals surface area contributed by atoms with E-state index < -0.39 is 5.92 Å². The summed E-state index contributed by atoms with van der Waals surface area (Å²) in [5, 5.41) is 3.44. The molecule has 1 atom stereocenters. The molecule has 3 rings (SSSR count). The van der Waals surface area contributed by atoms with Crippen LogP contribution in [-0.4, -0.2) is 18.4 Å². The van der Waals surface area contributed by atoms with E-state index in [4.69, 9.17) is 23.2 Å². The van der Waals surface area contributed by atoms with Crippen molar-refractivity contribution in [3.8, 4) is 0 Å². The Bertz CT molecular complexity index is 796. The maximum atomic E-state index is 12.9. The maximum Gasteiger partial charge on any atom is 0.229 e. The van der Waals surface area contributed by atoms with Gasteiger partial charge in [0.15, 0.2) is 0 Å². The van der Waals surface area contributed by atoms with Crippen LogP contribution in [0.3, 0.4) is 0 Å². The Balaban J connectivity index is 1.70. The summed E-state index contributed by atoms with van der Waals surface area (Å²) in [7, 11) is 0. The number of rotatable bonds is 3. The number of carbonyl (C=O) groups excluding carboxylic acids is 2. The van der Waals surface area contributed by atoms with Gasteiger partial charge >= 0.3 is 0 Å². The lowest BCUT2D eigenvalue weighted by Crippen LogP contribution is -2.28. The summed E-state index contributed by atoms with van der Waals surface area (Å²) in [5.74, 6) is -1.31. The lowest BCUT2D eigenvalue weighted by molar-refractivity contribution is -0.122. The average molecular weight is 367 g/mol. The third kappa shape index (κ3) is 3.52. The number of hydrogen-bond donors (Lipinski definition) is 1. The van der Waals surface area contributed by atoms with Gasteiger partial charge in [-0.2, -0.15) is 0 Å². The molecule has 1 N–H and O–H groups in total. The minimum absolute atomic E-state index is 0.104. The molecule has 2 aromatic rings. The Morgan fingerprint density at radius 3 is 2.50 bits per heavy atom. The molecule has 0 spiro atoms. The third-order valence-corrected chi connectivity index (χ3v) is 4.56. The second-order valence-corrected chi connectivity index (χ2v) is 6.31. The number of carbonyl (C=O) groups is 2. The molecule has 0 aliphatic carbocycles. The standard InChI is InChI=1S/C17H13Cl2FN2O2/c18-14-6-5-13(8-15(14)19)22-9-10(7-16(22)23)17(24)21-12-3-1-11(20)2-4-12/h1-6,8,10H,7,9H2,(H,21,24)/t10-/m0/s1. The van der Waals surface area contributed by atoms with Gasteiger partial charge in [0.25, 0.3) is 0 Å². The highest BCUT2D eigenvalue weighted by Crippen LogP contribution is 2.31. The highest BCUT2D eigenvalue weighted by molar-refractivity contribution is 6.42. The van der Waals surface area contributed by atoms with Crippen LogP contribution in [-0.2, 0) is 9.59 Å². The Morgan fingerprint density at radius 2 is 1.83 bits per heavy atom. The molecule has 0 unspecified atom stereocenters. The summed E-state index contributed by atoms with van der Waals surface area (Å²) < 4.78 is 12.9. The molecule has 0 radical (unpaired) electrons. The fourth-order valence-corrected chi connectivity index (χ4v) is 2.86. The van der Waals surface area contributed by atoms with E-state index in [0.717, 1.165) is 0 Å². The first-order valence-electron chi connectivity index (χ1n) is 7.26. The summed E-state index contributed by atoms with van der Waals surface area (Å²) >= 11 is 11.9. The molecule has 0 aromatic heterocycles. The van der Waals surface area contributed by atoms with Crippen molar-refractivity contribution in [2.24, 2.45) is 5.92 Å². The van der Waals surface area contributed by atoms with Gasteiger partial charge in [-0.1, -0.05) is 23.2 Å². The molecule has 2 aromatic carbocycles. The van der Waals surface area contributed by atoms with E-state index in [1.807, 2.05) is 0 Å². The zero-order valence-electron chi connectivity index (χ0n) is 12.4. The van der Waals surface area contributed by atoms with E-state index >= 15 is 0 Å². The zero-order valence-corrected chi connectivity index (χ0v) is 13.9. The number of anilines is 2. The number of hydrogen-bond acceptors (Lipinski definition) is 2. The SMILES string of the molecule is O=C(Nc1ccc(F)cc1)[C@H]1CC(=O)N(c2ccc(Cl)c(Cl)c2)C1. The van der Waals surface area contributed by atoms with Crippen molar-refractivity contribution in [3.05, 3.63) is 58.3 Å². The molecule has 1 fully saturated rings. The summed E-state index contributed by atoms with van der Waals surface area (Å²) in [6.45, 7) is 0.254. The average Bonchev–Trinajstić information content (AvgIpc) is 2.94. The van der Waals surface area contributed by atoms with E-state index in [9.17, 15) is 14.0 Å². The van der Waals surface area contributed by atoms with Crippen LogP contribution in [0, 0.1) is 11.7 Å². The first kappa shape index (κ1) is 16.7. The molecule has 24 heavy (non-hydrogen) atoms. The van der Waals surface area contributed by atoms with Crippen LogP contribution in [0.4, 0.5) is 15.8 Å². The lowest BCUT2D eigenvalue weighted by Gasteiger charge is -2.17. The van der Waals surface area contributed by atoms with Crippen LogP contribution < -0.4 is 10.2 Å². The zero-order chi connectivity index (χ0) is 17.3. The quantitative estimate of drug-likeness (QED) is 0.887. The van der Waals surface area contributed by atoms with Crippen LogP contribution in [0.15, 0.2) is 42.5 Å². The molecule has 1 saturated heterocycles. The van der Waals surface area contributed by atoms with E-state index in [1.54, 1.807) is 18.2 Å². The fourth-order valence-electron chi connectivity index (χ4n) is 2.56. The monoisotopic (exact) mass is 366 g/mol. The molecule has 0 saturated carbocycles. The van der Waals surface area contributed by atoms with Gasteiger partial charge in [0.05, 0.1) is 16.0 Å². The van der Waals surface area contributed by atoms with Gasteiger partial charge in [0, 0.05) is 24.3 Å². The fraction of sp³-hybridized carbons (Fsp3) is 0.176. The largest absolute Gasteiger partial charge is 0.326 e. The van der Waals surface area contributed by atoms with Crippen LogP contribution >= 0.6 is 23.2 Å². The van der Waals surface area contributed by atoms with Gasteiger partial charge in [-0.05, 0) is 42.5 Å². The summed E-state index contributed by atoms with van der Waals surface area (Å²) in [6, 6.07) is 10.4. The van der Waals surface area contributed by atoms with Gasteiger partial charge in [0.2, 0.25) is 11.8 Å². The predicted molar refractivity (Wildman–Crippen MR) is 92.0 cm³/mol. The summed E-state index contributed by atoms with van der Waals surface area (Å²) in [5.41, 5.74) is 1.09. The molecule has 1 heterocycles. The van der Waals surface area contributed by atoms with E-state index in [0.29, 0.717) is 21.4 Å². The molecular formula is C17H13Cl2FN2O2. The second kappa shape index (κ2) is 6.79. The van der Waals surface area contributed by atoms with Crippen molar-refractivity contribution in [2.75, 3.05) is 16.8 Å². The first-order valence-corrected chi connectivity index (χ1v) is 8.01. The number of amides is 2. The second-order valence-electron chi connectivity index (χ2n) is 5.50. The number of nitrogens with one attached hydrogen (secondary N) is 1. The number of benzene rings is 2. The van der Waals surface area contributed by atoms with Crippen LogP contribution in [0.25, 0.3) is 0 Å². The minimum atomic E-state index is -0.489. The van der Waals surface area contributed by atoms with Crippen molar-refractivity contribution in [2.45, 2.75) is 6.42 Å². The predicted octanol–water partition coefficient (Wildman–Crippen LogP) is 4.12. The summed E-state index contributed by atoms with van der Waals surface area (Å²) in [6.07, 6.45) is 0.104. The van der Waals surface area contributed by atoms with Crippen molar-refractivity contribution >= 4 is 46.4 Å². The van der Waals surface area contributed by atoms with Crippen molar-refractivity contribution < 1.29 is 14.0 Å². The minimum Gasteiger partial charge on any atom is -0.326 e. The molecule has 1 aliphatic heterocycles. The van der Waals surface area contributed by atoms with E-state index in [2.05, 4.69) is 5.32 Å². The molecule has 2 amide bonds. The molecular weight excluding hydrogens is 354 g/mol. The smallest absolute Gasteiger partial charge is 0.229 e. The molecule has 4 nitrogen and oxygen atoms in total. The first-order chi connectivity index (χ1) is 11.4. The van der Waals surface area contributed by atoms with E-state index in [-0.39, 0.29) is 30.6 Å². The molecule has 7 heteroatoms. The third-order valence-electron chi connectivity index (χ3n) is 3.82. The van der Waals surface area contributed by atoms with Gasteiger partial charge in [-0.25, -0.2) is 4.39 Å². The van der Waals surface area contributed by atoms with Crippen molar-refractivity contribution in [3.63, 3.8) is 0 Å². The Labute approximate surface area is 148 Å². The van der Waals surface area contributed by atoms with Crippen molar-refractivity contribution in [1.82, 2.24) is 0 Å². The van der Waals surface area contributed by atoms with Gasteiger partial charge < -0.3 is 10.2 Å². The number of nitrogens with zero attached hydrogens (tertiary/aromatic N) is 1. The van der Waals surface area contributed by atoms with Gasteiger partial charge in [-0.15, -0.1) is 0 Å². The Kier molecular flexibility index (Phi) is 4.73. The van der Waals surface area contributed by atoms with Crippen LogP contribution in [0.1, 0.15) is 6.42 Å². The van der Waals surface area contributed by atoms with E-state index in [1.165, 1.54) is 29.2 Å². The lowest BCUT2D eigenvalue weighted by atomic mass is 10.1. The van der Waals surface area contributed by atoms with Gasteiger partial charge in [-0.3, -0.25) is 9.59 Å². The molecule has 0 bridgehead atoms. The van der Waals surface area contributed by atoms with Crippen LogP contribution in [0.5, 0.6) is 0 Å². The topological polar surface area (TPSA) is 49.4 Å². The van der Waals surface area contributed by atoms with Crippen LogP contribution in [0.2, 0.25) is 10.0 Å². The summed E-state index contributed by atoms with van der Waals surface area (Å²) in [4.78, 5) is 26.0. The highest BCUT2D eigenvalue weighted by atomic mass is 35.5. The number of halogens is 3. The Morgan fingerprint density at radius 1 is 1.12 bits per heavy atom. The van der Waals surface area contributed by atoms with Gasteiger partial charge in [0.1, 0.15) is 5.82 Å². The molecule has 124 valence electrons. The normalized spacial score (nSPS) is 17.2. The highest BCUT2D eigenvalue weighted by Gasteiger charge is 2.35. The molecule has 1 aliphatic rings. The Hall–Kier alpha value is -2.11.